The summed E-state index contributed by atoms with van der Waals surface area (Å²) < 4.78 is 7.55. The number of nitrogens with one attached hydrogen (secondary N) is 1. The Morgan fingerprint density at radius 3 is 2.85 bits per heavy atom. The van der Waals surface area contributed by atoms with Gasteiger partial charge in [0.25, 0.3) is 0 Å². The van der Waals surface area contributed by atoms with Crippen molar-refractivity contribution in [2.45, 2.75) is 32.2 Å². The number of benzene rings is 2. The fourth-order valence-electron chi connectivity index (χ4n) is 3.10. The van der Waals surface area contributed by atoms with Gasteiger partial charge in [-0.3, -0.25) is 4.79 Å². The third-order valence-electron chi connectivity index (χ3n) is 4.36. The molecule has 5 nitrogen and oxygen atoms in total. The largest absolute Gasteiger partial charge is 0.494 e. The molecule has 1 amide bonds. The monoisotopic (exact) mass is 383 g/mol. The fraction of sp³-hybridized carbons (Fsp3) is 0.333. The van der Waals surface area contributed by atoms with Crippen molar-refractivity contribution in [2.75, 3.05) is 12.9 Å². The van der Waals surface area contributed by atoms with Crippen molar-refractivity contribution in [2.24, 2.45) is 0 Å². The van der Waals surface area contributed by atoms with Crippen molar-refractivity contribution >= 4 is 28.7 Å². The molecule has 0 saturated heterocycles. The molecule has 0 aliphatic rings. The second-order valence-corrected chi connectivity index (χ2v) is 7.20. The van der Waals surface area contributed by atoms with E-state index in [1.165, 1.54) is 0 Å². The van der Waals surface area contributed by atoms with Crippen LogP contribution in [0.5, 0.6) is 5.75 Å². The number of hydrogen-bond donors (Lipinski definition) is 1. The summed E-state index contributed by atoms with van der Waals surface area (Å²) in [7, 11) is 0. The van der Waals surface area contributed by atoms with Crippen LogP contribution in [0.15, 0.2) is 48.5 Å². The first-order valence-corrected chi connectivity index (χ1v) is 10.5. The molecule has 1 N–H and O–H groups in total. The molecule has 6 heteroatoms. The van der Waals surface area contributed by atoms with Crippen LogP contribution in [0.2, 0.25) is 0 Å². The van der Waals surface area contributed by atoms with E-state index in [-0.39, 0.29) is 18.5 Å². The fourth-order valence-corrected chi connectivity index (χ4v) is 3.57. The Morgan fingerprint density at radius 2 is 2.07 bits per heavy atom. The van der Waals surface area contributed by atoms with Crippen molar-refractivity contribution in [3.05, 3.63) is 59.9 Å². The molecule has 0 fully saturated rings. The van der Waals surface area contributed by atoms with Crippen LogP contribution in [-0.4, -0.2) is 28.3 Å². The maximum Gasteiger partial charge on any atom is 0.240 e. The number of thioether (sulfide) groups is 1. The number of rotatable bonds is 8. The third-order valence-corrected chi connectivity index (χ3v) is 4.90. The van der Waals surface area contributed by atoms with E-state index in [9.17, 15) is 4.79 Å². The standard InChI is InChI=1S/C21H25N3O2S/c1-4-26-17-9-7-8-16(12-17)15(2)22-21(25)13-24-19-11-6-5-10-18(19)23-20(24)14-27-3/h5-12,15H,4,13-14H2,1-3H3,(H,22,25). The topological polar surface area (TPSA) is 56.1 Å². The molecule has 0 spiro atoms. The van der Waals surface area contributed by atoms with Crippen molar-refractivity contribution < 1.29 is 9.53 Å². The van der Waals surface area contributed by atoms with E-state index in [0.29, 0.717) is 6.61 Å². The number of fused-ring (bicyclic) bond motifs is 1. The average Bonchev–Trinajstić information content (AvgIpc) is 3.00. The SMILES string of the molecule is CCOc1cccc(C(C)NC(=O)Cn2c(CSC)nc3ccccc32)c1. The number of ether oxygens (including phenoxy) is 1. The van der Waals surface area contributed by atoms with Crippen LogP contribution in [0.25, 0.3) is 11.0 Å². The average molecular weight is 384 g/mol. The molecule has 3 aromatic rings. The zero-order chi connectivity index (χ0) is 19.2. The van der Waals surface area contributed by atoms with Crippen LogP contribution in [0, 0.1) is 0 Å². The Morgan fingerprint density at radius 1 is 1.26 bits per heavy atom. The van der Waals surface area contributed by atoms with Crippen LogP contribution < -0.4 is 10.1 Å². The third kappa shape index (κ3) is 4.63. The molecule has 3 rings (SSSR count). The van der Waals surface area contributed by atoms with Gasteiger partial charge >= 0.3 is 0 Å². The molecule has 27 heavy (non-hydrogen) atoms. The Labute approximate surface area is 164 Å². The van der Waals surface area contributed by atoms with Crippen molar-refractivity contribution in [1.29, 1.82) is 0 Å². The van der Waals surface area contributed by atoms with Gasteiger partial charge in [-0.05, 0) is 49.9 Å². The quantitative estimate of drug-likeness (QED) is 0.634. The molecular weight excluding hydrogens is 358 g/mol. The van der Waals surface area contributed by atoms with E-state index in [4.69, 9.17) is 4.74 Å². The molecular formula is C21H25N3O2S. The number of carbonyl (C=O) groups is 1. The summed E-state index contributed by atoms with van der Waals surface area (Å²) in [5.74, 6) is 2.48. The van der Waals surface area contributed by atoms with Crippen molar-refractivity contribution in [1.82, 2.24) is 14.9 Å². The lowest BCUT2D eigenvalue weighted by Gasteiger charge is -2.16. The van der Waals surface area contributed by atoms with E-state index in [0.717, 1.165) is 33.9 Å². The second-order valence-electron chi connectivity index (χ2n) is 6.33. The van der Waals surface area contributed by atoms with Crippen LogP contribution in [0.1, 0.15) is 31.3 Å². The molecule has 0 aliphatic carbocycles. The van der Waals surface area contributed by atoms with Gasteiger partial charge in [0.05, 0.1) is 29.4 Å². The van der Waals surface area contributed by atoms with Crippen molar-refractivity contribution in [3.8, 4) is 5.75 Å². The first kappa shape index (κ1) is 19.3. The van der Waals surface area contributed by atoms with Crippen molar-refractivity contribution in [3.63, 3.8) is 0 Å². The summed E-state index contributed by atoms with van der Waals surface area (Å²) in [4.78, 5) is 17.4. The molecule has 0 radical (unpaired) electrons. The van der Waals surface area contributed by atoms with E-state index in [2.05, 4.69) is 10.3 Å². The number of para-hydroxylation sites is 2. The van der Waals surface area contributed by atoms with Gasteiger partial charge in [0.2, 0.25) is 5.91 Å². The van der Waals surface area contributed by atoms with Gasteiger partial charge in [-0.15, -0.1) is 0 Å². The number of amides is 1. The van der Waals surface area contributed by atoms with E-state index >= 15 is 0 Å². The molecule has 0 saturated carbocycles. The lowest BCUT2D eigenvalue weighted by Crippen LogP contribution is -2.30. The summed E-state index contributed by atoms with van der Waals surface area (Å²) in [6.07, 6.45) is 2.04. The van der Waals surface area contributed by atoms with Gasteiger partial charge < -0.3 is 14.6 Å². The summed E-state index contributed by atoms with van der Waals surface area (Å²) in [5.41, 5.74) is 2.93. The number of aromatic nitrogens is 2. The molecule has 1 unspecified atom stereocenters. The summed E-state index contributed by atoms with van der Waals surface area (Å²) in [5, 5.41) is 3.09. The zero-order valence-electron chi connectivity index (χ0n) is 15.9. The van der Waals surface area contributed by atoms with Gasteiger partial charge in [0.1, 0.15) is 18.1 Å². The molecule has 1 atom stereocenters. The van der Waals surface area contributed by atoms with Crippen LogP contribution in [0.3, 0.4) is 0 Å². The normalized spacial score (nSPS) is 12.1. The predicted molar refractivity (Wildman–Crippen MR) is 111 cm³/mol. The Bertz CT molecular complexity index is 923. The smallest absolute Gasteiger partial charge is 0.240 e. The zero-order valence-corrected chi connectivity index (χ0v) is 16.8. The lowest BCUT2D eigenvalue weighted by molar-refractivity contribution is -0.122. The highest BCUT2D eigenvalue weighted by Crippen LogP contribution is 2.21. The molecule has 142 valence electrons. The minimum atomic E-state index is -0.100. The maximum atomic E-state index is 12.7. The lowest BCUT2D eigenvalue weighted by atomic mass is 10.1. The van der Waals surface area contributed by atoms with E-state index in [1.807, 2.05) is 73.2 Å². The van der Waals surface area contributed by atoms with Gasteiger partial charge in [0, 0.05) is 0 Å². The van der Waals surface area contributed by atoms with Crippen LogP contribution in [0.4, 0.5) is 0 Å². The molecule has 0 aliphatic heterocycles. The molecule has 0 bridgehead atoms. The molecule has 2 aromatic carbocycles. The van der Waals surface area contributed by atoms with E-state index in [1.54, 1.807) is 11.8 Å². The summed E-state index contributed by atoms with van der Waals surface area (Å²) >= 11 is 1.70. The Hall–Kier alpha value is -2.47. The summed E-state index contributed by atoms with van der Waals surface area (Å²) in [6, 6.07) is 15.7. The van der Waals surface area contributed by atoms with Crippen LogP contribution >= 0.6 is 11.8 Å². The molecule has 1 heterocycles. The van der Waals surface area contributed by atoms with Gasteiger partial charge in [-0.1, -0.05) is 24.3 Å². The molecule has 1 aromatic heterocycles. The number of carbonyl (C=O) groups excluding carboxylic acids is 1. The second kappa shape index (κ2) is 8.95. The number of hydrogen-bond acceptors (Lipinski definition) is 4. The predicted octanol–water partition coefficient (Wildman–Crippen LogP) is 4.18. The first-order valence-electron chi connectivity index (χ1n) is 9.07. The number of imidazole rings is 1. The van der Waals surface area contributed by atoms with Gasteiger partial charge in [-0.2, -0.15) is 11.8 Å². The van der Waals surface area contributed by atoms with Gasteiger partial charge in [-0.25, -0.2) is 4.98 Å². The van der Waals surface area contributed by atoms with Gasteiger partial charge in [0.15, 0.2) is 0 Å². The highest BCUT2D eigenvalue weighted by Gasteiger charge is 2.15. The first-order chi connectivity index (χ1) is 13.1. The minimum Gasteiger partial charge on any atom is -0.494 e. The highest BCUT2D eigenvalue weighted by atomic mass is 32.2. The van der Waals surface area contributed by atoms with E-state index < -0.39 is 0 Å². The van der Waals surface area contributed by atoms with Crippen LogP contribution in [-0.2, 0) is 17.1 Å². The maximum absolute atomic E-state index is 12.7. The Kier molecular flexibility index (Phi) is 6.40. The Balaban J connectivity index is 1.75. The minimum absolute atomic E-state index is 0.0326. The summed E-state index contributed by atoms with van der Waals surface area (Å²) in [6.45, 7) is 4.82. The number of nitrogens with zero attached hydrogens (tertiary/aromatic N) is 2. The highest BCUT2D eigenvalue weighted by molar-refractivity contribution is 7.97.